The van der Waals surface area contributed by atoms with Gasteiger partial charge in [-0.3, -0.25) is 9.59 Å². The molecule has 2 aromatic rings. The Kier molecular flexibility index (Phi) is 9.63. The molecule has 0 bridgehead atoms. The maximum absolute atomic E-state index is 12.6. The van der Waals surface area contributed by atoms with Crippen molar-refractivity contribution in [1.82, 2.24) is 14.4 Å². The van der Waals surface area contributed by atoms with Gasteiger partial charge in [-0.2, -0.15) is 4.99 Å². The molecule has 0 aliphatic carbocycles. The molecule has 1 aromatic heterocycles. The molecule has 0 saturated carbocycles. The van der Waals surface area contributed by atoms with Gasteiger partial charge in [0.2, 0.25) is 5.91 Å². The molecule has 11 nitrogen and oxygen atoms in total. The number of sulfone groups is 1. The standard InChI is InChI=1S/C23H32N4O7S2/c1-4-33-13-12-27-18-7-6-17(3)14-19(18)35-22(27)24-20(28)15-36(31,32)16-21(29)25-8-10-26(11-9-25)23(30)34-5-2/h6-7,14H,4-5,8-13,15-16H2,1-3H3. The van der Waals surface area contributed by atoms with Gasteiger partial charge in [0.15, 0.2) is 14.6 Å². The molecule has 0 N–H and O–H groups in total. The Morgan fingerprint density at radius 2 is 1.72 bits per heavy atom. The third kappa shape index (κ3) is 7.37. The minimum atomic E-state index is -4.03. The van der Waals surface area contributed by atoms with Crippen molar-refractivity contribution < 1.29 is 32.3 Å². The zero-order valence-corrected chi connectivity index (χ0v) is 22.4. The maximum Gasteiger partial charge on any atom is 0.409 e. The van der Waals surface area contributed by atoms with Crippen molar-refractivity contribution in [3.8, 4) is 0 Å². The second-order valence-electron chi connectivity index (χ2n) is 8.31. The van der Waals surface area contributed by atoms with Gasteiger partial charge >= 0.3 is 6.09 Å². The molecule has 0 radical (unpaired) electrons. The van der Waals surface area contributed by atoms with Crippen LogP contribution in [0.2, 0.25) is 0 Å². The number of benzene rings is 1. The molecule has 1 aliphatic heterocycles. The van der Waals surface area contributed by atoms with Crippen LogP contribution in [0.15, 0.2) is 23.2 Å². The number of hydrogen-bond donors (Lipinski definition) is 0. The topological polar surface area (TPSA) is 128 Å². The summed E-state index contributed by atoms with van der Waals surface area (Å²) in [7, 11) is -4.03. The largest absolute Gasteiger partial charge is 0.450 e. The maximum atomic E-state index is 12.6. The lowest BCUT2D eigenvalue weighted by Crippen LogP contribution is -2.52. The molecule has 1 saturated heterocycles. The summed E-state index contributed by atoms with van der Waals surface area (Å²) < 4.78 is 38.4. The van der Waals surface area contributed by atoms with Gasteiger partial charge in [0.05, 0.1) is 23.4 Å². The summed E-state index contributed by atoms with van der Waals surface area (Å²) in [6.07, 6.45) is -0.459. The number of rotatable bonds is 9. The predicted octanol–water partition coefficient (Wildman–Crippen LogP) is 1.19. The molecular weight excluding hydrogens is 508 g/mol. The highest BCUT2D eigenvalue weighted by molar-refractivity contribution is 7.92. The van der Waals surface area contributed by atoms with E-state index in [-0.39, 0.29) is 32.8 Å². The van der Waals surface area contributed by atoms with Gasteiger partial charge in [-0.1, -0.05) is 17.4 Å². The third-order valence-corrected chi connectivity index (χ3v) is 7.98. The van der Waals surface area contributed by atoms with Crippen molar-refractivity contribution >= 4 is 49.3 Å². The second-order valence-corrected chi connectivity index (χ2v) is 11.4. The zero-order chi connectivity index (χ0) is 26.3. The number of ether oxygens (including phenoxy) is 2. The molecule has 1 aliphatic rings. The van der Waals surface area contributed by atoms with E-state index in [2.05, 4.69) is 4.99 Å². The quantitative estimate of drug-likeness (QED) is 0.437. The van der Waals surface area contributed by atoms with Gasteiger partial charge in [0, 0.05) is 39.3 Å². The minimum absolute atomic E-state index is 0.201. The minimum Gasteiger partial charge on any atom is -0.450 e. The van der Waals surface area contributed by atoms with Crippen LogP contribution in [0.5, 0.6) is 0 Å². The molecule has 1 fully saturated rings. The number of hydrogen-bond acceptors (Lipinski definition) is 8. The van der Waals surface area contributed by atoms with E-state index in [0.29, 0.717) is 24.6 Å². The Morgan fingerprint density at radius 1 is 1.03 bits per heavy atom. The summed E-state index contributed by atoms with van der Waals surface area (Å²) in [5.41, 5.74) is 1.94. The van der Waals surface area contributed by atoms with E-state index >= 15 is 0 Å². The molecule has 3 amide bonds. The fourth-order valence-electron chi connectivity index (χ4n) is 3.79. The zero-order valence-electron chi connectivity index (χ0n) is 20.8. The van der Waals surface area contributed by atoms with Crippen molar-refractivity contribution in [1.29, 1.82) is 0 Å². The number of aromatic nitrogens is 1. The Hall–Kier alpha value is -2.77. The summed E-state index contributed by atoms with van der Waals surface area (Å²) >= 11 is 1.30. The van der Waals surface area contributed by atoms with Gasteiger partial charge in [0.25, 0.3) is 5.91 Å². The SMILES string of the molecule is CCOCCn1c(=NC(=O)CS(=O)(=O)CC(=O)N2CCN(C(=O)OCC)CC2)sc2cc(C)ccc21. The summed E-state index contributed by atoms with van der Waals surface area (Å²) in [6.45, 7) is 8.17. The molecule has 13 heteroatoms. The Morgan fingerprint density at radius 3 is 2.39 bits per heavy atom. The highest BCUT2D eigenvalue weighted by Gasteiger charge is 2.28. The van der Waals surface area contributed by atoms with Gasteiger partial charge < -0.3 is 23.8 Å². The first-order chi connectivity index (χ1) is 17.1. The number of amides is 3. The Labute approximate surface area is 214 Å². The van der Waals surface area contributed by atoms with E-state index in [0.717, 1.165) is 15.8 Å². The average molecular weight is 541 g/mol. The van der Waals surface area contributed by atoms with E-state index in [9.17, 15) is 22.8 Å². The van der Waals surface area contributed by atoms with Gasteiger partial charge in [-0.05, 0) is 38.5 Å². The summed E-state index contributed by atoms with van der Waals surface area (Å²) in [5.74, 6) is -3.08. The monoisotopic (exact) mass is 540 g/mol. The number of piperazine rings is 1. The van der Waals surface area contributed by atoms with Crippen LogP contribution in [-0.2, 0) is 35.4 Å². The van der Waals surface area contributed by atoms with E-state index in [4.69, 9.17) is 9.47 Å². The van der Waals surface area contributed by atoms with E-state index in [1.807, 2.05) is 36.6 Å². The number of fused-ring (bicyclic) bond motifs is 1. The molecule has 1 aromatic carbocycles. The van der Waals surface area contributed by atoms with Gasteiger partial charge in [-0.25, -0.2) is 13.2 Å². The van der Waals surface area contributed by atoms with Crippen LogP contribution in [0.1, 0.15) is 19.4 Å². The van der Waals surface area contributed by atoms with Crippen molar-refractivity contribution in [2.24, 2.45) is 4.99 Å². The smallest absolute Gasteiger partial charge is 0.409 e. The fourth-order valence-corrected chi connectivity index (χ4v) is 6.07. The van der Waals surface area contributed by atoms with E-state index in [1.165, 1.54) is 21.1 Å². The summed E-state index contributed by atoms with van der Waals surface area (Å²) in [4.78, 5) is 44.3. The number of nitrogens with zero attached hydrogens (tertiary/aromatic N) is 4. The van der Waals surface area contributed by atoms with Crippen molar-refractivity contribution in [3.05, 3.63) is 28.6 Å². The predicted molar refractivity (Wildman–Crippen MR) is 135 cm³/mol. The Balaban J connectivity index is 1.67. The molecule has 0 spiro atoms. The molecular formula is C23H32N4O7S2. The summed E-state index contributed by atoms with van der Waals surface area (Å²) in [5, 5.41) is 0. The normalized spacial score (nSPS) is 14.9. The van der Waals surface area contributed by atoms with Gasteiger partial charge in [-0.15, -0.1) is 0 Å². The van der Waals surface area contributed by atoms with Crippen LogP contribution >= 0.6 is 11.3 Å². The lowest BCUT2D eigenvalue weighted by Gasteiger charge is -2.34. The molecule has 2 heterocycles. The van der Waals surface area contributed by atoms with Crippen molar-refractivity contribution in [3.63, 3.8) is 0 Å². The highest BCUT2D eigenvalue weighted by Crippen LogP contribution is 2.19. The molecule has 0 atom stereocenters. The van der Waals surface area contributed by atoms with Crippen LogP contribution in [0, 0.1) is 6.92 Å². The highest BCUT2D eigenvalue weighted by atomic mass is 32.2. The number of carbonyl (C=O) groups excluding carboxylic acids is 3. The fraction of sp³-hybridized carbons (Fsp3) is 0.565. The van der Waals surface area contributed by atoms with Crippen LogP contribution in [0.25, 0.3) is 10.2 Å². The van der Waals surface area contributed by atoms with Crippen LogP contribution in [0.4, 0.5) is 4.79 Å². The lowest BCUT2D eigenvalue weighted by molar-refractivity contribution is -0.130. The molecule has 3 rings (SSSR count). The molecule has 198 valence electrons. The first-order valence-corrected chi connectivity index (χ1v) is 14.4. The molecule has 0 unspecified atom stereocenters. The van der Waals surface area contributed by atoms with Crippen LogP contribution in [0.3, 0.4) is 0 Å². The first kappa shape index (κ1) is 27.8. The molecule has 36 heavy (non-hydrogen) atoms. The lowest BCUT2D eigenvalue weighted by atomic mass is 10.2. The van der Waals surface area contributed by atoms with Crippen LogP contribution in [-0.4, -0.2) is 98.2 Å². The van der Waals surface area contributed by atoms with E-state index < -0.39 is 39.3 Å². The van der Waals surface area contributed by atoms with Crippen LogP contribution < -0.4 is 4.80 Å². The summed E-state index contributed by atoms with van der Waals surface area (Å²) in [6, 6.07) is 5.88. The average Bonchev–Trinajstić information content (AvgIpc) is 3.14. The van der Waals surface area contributed by atoms with Crippen molar-refractivity contribution in [2.75, 3.05) is 57.5 Å². The number of thiazole rings is 1. The Bertz CT molecular complexity index is 1280. The number of aryl methyl sites for hydroxylation is 1. The third-order valence-electron chi connectivity index (χ3n) is 5.57. The van der Waals surface area contributed by atoms with E-state index in [1.54, 1.807) is 6.92 Å². The first-order valence-electron chi connectivity index (χ1n) is 11.8. The number of carbonyl (C=O) groups is 3. The van der Waals surface area contributed by atoms with Gasteiger partial charge in [0.1, 0.15) is 11.5 Å². The van der Waals surface area contributed by atoms with Crippen molar-refractivity contribution in [2.45, 2.75) is 27.3 Å². The second kappa shape index (κ2) is 12.5.